The Balaban J connectivity index is 1.56. The van der Waals surface area contributed by atoms with Crippen molar-refractivity contribution in [1.82, 2.24) is 0 Å². The Morgan fingerprint density at radius 3 is 2.41 bits per heavy atom. The van der Waals surface area contributed by atoms with Gasteiger partial charge in [0.05, 0.1) is 4.90 Å². The summed E-state index contributed by atoms with van der Waals surface area (Å²) in [7, 11) is -3.78. The van der Waals surface area contributed by atoms with E-state index in [-0.39, 0.29) is 16.7 Å². The van der Waals surface area contributed by atoms with Crippen molar-refractivity contribution in [2.24, 2.45) is 11.7 Å². The molecule has 0 aromatic heterocycles. The molecule has 8 heteroatoms. The van der Waals surface area contributed by atoms with Crippen LogP contribution in [0.4, 0.5) is 11.4 Å². The fraction of sp³-hybridized carbons (Fsp3) is 0.263. The topological polar surface area (TPSA) is 110 Å². The first-order valence-electron chi connectivity index (χ1n) is 8.72. The molecule has 27 heavy (non-hydrogen) atoms. The summed E-state index contributed by atoms with van der Waals surface area (Å²) in [6.07, 6.45) is 2.52. The van der Waals surface area contributed by atoms with Gasteiger partial charge in [0.1, 0.15) is 0 Å². The molecule has 2 aromatic carbocycles. The van der Waals surface area contributed by atoms with Gasteiger partial charge in [-0.1, -0.05) is 0 Å². The number of carbonyl (C=O) groups excluding carboxylic acids is 2. The predicted molar refractivity (Wildman–Crippen MR) is 101 cm³/mol. The SMILES string of the molecule is NC(=O)c1ccc(NS(=O)(=O)c2ccc3c(c2)CCN3C(=O)C2CC2)cc1. The number of rotatable bonds is 5. The third kappa shape index (κ3) is 3.40. The first-order chi connectivity index (χ1) is 12.8. The summed E-state index contributed by atoms with van der Waals surface area (Å²) in [5.74, 6) is -0.310. The van der Waals surface area contributed by atoms with Crippen LogP contribution in [0.2, 0.25) is 0 Å². The minimum absolute atomic E-state index is 0.129. The standard InChI is InChI=1S/C19H19N3O4S/c20-18(23)12-3-5-15(6-4-12)21-27(25,26)16-7-8-17-14(11-16)9-10-22(17)19(24)13-1-2-13/h3-8,11,13,21H,1-2,9-10H2,(H2,20,23). The van der Waals surface area contributed by atoms with E-state index in [2.05, 4.69) is 4.72 Å². The van der Waals surface area contributed by atoms with Crippen LogP contribution in [-0.4, -0.2) is 26.8 Å². The zero-order valence-corrected chi connectivity index (χ0v) is 15.3. The van der Waals surface area contributed by atoms with Gasteiger partial charge in [0.15, 0.2) is 0 Å². The number of carbonyl (C=O) groups is 2. The van der Waals surface area contributed by atoms with Gasteiger partial charge >= 0.3 is 0 Å². The minimum atomic E-state index is -3.78. The monoisotopic (exact) mass is 385 g/mol. The molecule has 2 aromatic rings. The molecule has 2 amide bonds. The lowest BCUT2D eigenvalue weighted by atomic mass is 10.2. The number of nitrogens with one attached hydrogen (secondary N) is 1. The summed E-state index contributed by atoms with van der Waals surface area (Å²) in [5.41, 5.74) is 7.48. The number of nitrogens with zero attached hydrogens (tertiary/aromatic N) is 1. The average Bonchev–Trinajstić information content (AvgIpc) is 3.40. The highest BCUT2D eigenvalue weighted by Gasteiger charge is 2.36. The summed E-state index contributed by atoms with van der Waals surface area (Å²) in [5, 5.41) is 0. The van der Waals surface area contributed by atoms with Crippen molar-refractivity contribution in [2.75, 3.05) is 16.2 Å². The minimum Gasteiger partial charge on any atom is -0.366 e. The van der Waals surface area contributed by atoms with E-state index in [4.69, 9.17) is 5.73 Å². The van der Waals surface area contributed by atoms with E-state index in [1.165, 1.54) is 30.3 Å². The quantitative estimate of drug-likeness (QED) is 0.819. The highest BCUT2D eigenvalue weighted by molar-refractivity contribution is 7.92. The van der Waals surface area contributed by atoms with Crippen molar-refractivity contribution >= 4 is 33.2 Å². The molecule has 0 atom stereocenters. The first-order valence-corrected chi connectivity index (χ1v) is 10.2. The Hall–Kier alpha value is -2.87. The normalized spacial score (nSPS) is 16.1. The van der Waals surface area contributed by atoms with E-state index in [0.717, 1.165) is 24.1 Å². The van der Waals surface area contributed by atoms with Gasteiger partial charge in [-0.25, -0.2) is 8.42 Å². The molecule has 1 saturated carbocycles. The zero-order valence-electron chi connectivity index (χ0n) is 14.5. The average molecular weight is 385 g/mol. The molecule has 1 aliphatic carbocycles. The van der Waals surface area contributed by atoms with Gasteiger partial charge in [-0.05, 0) is 67.3 Å². The van der Waals surface area contributed by atoms with Crippen LogP contribution >= 0.6 is 0 Å². The lowest BCUT2D eigenvalue weighted by Gasteiger charge is -2.17. The second kappa shape index (κ2) is 6.38. The maximum atomic E-state index is 12.7. The molecule has 2 aliphatic rings. The second-order valence-corrected chi connectivity index (χ2v) is 8.53. The number of anilines is 2. The number of hydrogen-bond acceptors (Lipinski definition) is 4. The van der Waals surface area contributed by atoms with Gasteiger partial charge in [-0.15, -0.1) is 0 Å². The van der Waals surface area contributed by atoms with E-state index >= 15 is 0 Å². The molecule has 0 radical (unpaired) electrons. The lowest BCUT2D eigenvalue weighted by Crippen LogP contribution is -2.30. The molecule has 0 saturated heterocycles. The predicted octanol–water partition coefficient (Wildman–Crippen LogP) is 1.89. The van der Waals surface area contributed by atoms with E-state index in [0.29, 0.717) is 24.2 Å². The fourth-order valence-electron chi connectivity index (χ4n) is 3.24. The van der Waals surface area contributed by atoms with Crippen molar-refractivity contribution in [3.8, 4) is 0 Å². The number of amides is 2. The third-order valence-electron chi connectivity index (χ3n) is 4.87. The van der Waals surface area contributed by atoms with Gasteiger partial charge in [0.25, 0.3) is 10.0 Å². The first kappa shape index (κ1) is 17.5. The maximum absolute atomic E-state index is 12.7. The number of nitrogens with two attached hydrogens (primary N) is 1. The van der Waals surface area contributed by atoms with Crippen molar-refractivity contribution in [3.63, 3.8) is 0 Å². The summed E-state index contributed by atoms with van der Waals surface area (Å²) in [6, 6.07) is 10.7. The van der Waals surface area contributed by atoms with Gasteiger partial charge < -0.3 is 10.6 Å². The molecule has 0 unspecified atom stereocenters. The number of fused-ring (bicyclic) bond motifs is 1. The third-order valence-corrected chi connectivity index (χ3v) is 6.25. The van der Waals surface area contributed by atoms with Crippen LogP contribution in [0.15, 0.2) is 47.4 Å². The van der Waals surface area contributed by atoms with Crippen molar-refractivity contribution in [3.05, 3.63) is 53.6 Å². The molecule has 1 fully saturated rings. The zero-order chi connectivity index (χ0) is 19.2. The van der Waals surface area contributed by atoms with E-state index in [1.807, 2.05) is 0 Å². The Morgan fingerprint density at radius 2 is 1.78 bits per heavy atom. The summed E-state index contributed by atoms with van der Waals surface area (Å²) in [6.45, 7) is 0.593. The van der Waals surface area contributed by atoms with Gasteiger partial charge in [0.2, 0.25) is 11.8 Å². The molecule has 140 valence electrons. The largest absolute Gasteiger partial charge is 0.366 e. The van der Waals surface area contributed by atoms with Crippen LogP contribution in [0, 0.1) is 5.92 Å². The smallest absolute Gasteiger partial charge is 0.261 e. The Labute approximate surface area is 157 Å². The molecule has 1 aliphatic heterocycles. The summed E-state index contributed by atoms with van der Waals surface area (Å²) in [4.78, 5) is 25.3. The van der Waals surface area contributed by atoms with Crippen molar-refractivity contribution in [2.45, 2.75) is 24.2 Å². The van der Waals surface area contributed by atoms with Gasteiger partial charge in [-0.3, -0.25) is 14.3 Å². The molecule has 1 heterocycles. The molecule has 0 spiro atoms. The molecule has 7 nitrogen and oxygen atoms in total. The number of sulfonamides is 1. The van der Waals surface area contributed by atoms with Crippen molar-refractivity contribution in [1.29, 1.82) is 0 Å². The molecule has 4 rings (SSSR count). The summed E-state index contributed by atoms with van der Waals surface area (Å²) < 4.78 is 27.8. The van der Waals surface area contributed by atoms with Gasteiger partial charge in [0, 0.05) is 29.4 Å². The van der Waals surface area contributed by atoms with Crippen LogP contribution in [0.3, 0.4) is 0 Å². The Bertz CT molecular complexity index is 1030. The van der Waals surface area contributed by atoms with Crippen LogP contribution in [0.1, 0.15) is 28.8 Å². The highest BCUT2D eigenvalue weighted by atomic mass is 32.2. The van der Waals surface area contributed by atoms with Crippen LogP contribution in [0.5, 0.6) is 0 Å². The molecular formula is C19H19N3O4S. The number of benzene rings is 2. The Kier molecular flexibility index (Phi) is 4.15. The van der Waals surface area contributed by atoms with Crippen LogP contribution < -0.4 is 15.4 Å². The van der Waals surface area contributed by atoms with Crippen molar-refractivity contribution < 1.29 is 18.0 Å². The Morgan fingerprint density at radius 1 is 1.07 bits per heavy atom. The van der Waals surface area contributed by atoms with E-state index in [9.17, 15) is 18.0 Å². The highest BCUT2D eigenvalue weighted by Crippen LogP contribution is 2.37. The van der Waals surface area contributed by atoms with E-state index < -0.39 is 15.9 Å². The van der Waals surface area contributed by atoms with Gasteiger partial charge in [-0.2, -0.15) is 0 Å². The van der Waals surface area contributed by atoms with Crippen LogP contribution in [-0.2, 0) is 21.2 Å². The molecule has 3 N–H and O–H groups in total. The maximum Gasteiger partial charge on any atom is 0.261 e. The fourth-order valence-corrected chi connectivity index (χ4v) is 4.35. The molecular weight excluding hydrogens is 366 g/mol. The van der Waals surface area contributed by atoms with E-state index in [1.54, 1.807) is 17.0 Å². The second-order valence-electron chi connectivity index (χ2n) is 6.85. The summed E-state index contributed by atoms with van der Waals surface area (Å²) >= 11 is 0. The number of hydrogen-bond donors (Lipinski definition) is 2. The lowest BCUT2D eigenvalue weighted by molar-refractivity contribution is -0.119. The molecule has 0 bridgehead atoms. The van der Waals surface area contributed by atoms with Crippen LogP contribution in [0.25, 0.3) is 0 Å². The number of primary amides is 1.